The third-order valence-electron chi connectivity index (χ3n) is 2.21. The van der Waals surface area contributed by atoms with Crippen LogP contribution in [0.5, 0.6) is 0 Å². The van der Waals surface area contributed by atoms with Crippen molar-refractivity contribution >= 4 is 6.16 Å². The van der Waals surface area contributed by atoms with Crippen LogP contribution in [0.3, 0.4) is 0 Å². The zero-order valence-electron chi connectivity index (χ0n) is 9.65. The summed E-state index contributed by atoms with van der Waals surface area (Å²) in [7, 11) is 0. The molecule has 0 aliphatic heterocycles. The first-order valence-electron chi connectivity index (χ1n) is 5.42. The standard InChI is InChI=1S/C13H12N2O3/c16-13(17-9-11-1-5-14-6-2-11)18-10-12-3-7-15-8-4-12/h1-8H,9-10H2. The number of pyridine rings is 2. The van der Waals surface area contributed by atoms with Crippen LogP contribution in [0.25, 0.3) is 0 Å². The number of rotatable bonds is 4. The van der Waals surface area contributed by atoms with Crippen LogP contribution in [0.2, 0.25) is 0 Å². The Hall–Kier alpha value is -2.43. The van der Waals surface area contributed by atoms with E-state index in [2.05, 4.69) is 9.97 Å². The van der Waals surface area contributed by atoms with Crippen LogP contribution in [0, 0.1) is 0 Å². The molecule has 2 aromatic heterocycles. The van der Waals surface area contributed by atoms with Gasteiger partial charge in [0.25, 0.3) is 0 Å². The van der Waals surface area contributed by atoms with E-state index in [1.807, 2.05) is 0 Å². The van der Waals surface area contributed by atoms with Crippen molar-refractivity contribution in [3.63, 3.8) is 0 Å². The van der Waals surface area contributed by atoms with Crippen LogP contribution in [0.1, 0.15) is 11.1 Å². The highest BCUT2D eigenvalue weighted by molar-refractivity contribution is 5.59. The SMILES string of the molecule is O=C(OCc1ccncc1)OCc1ccncc1. The summed E-state index contributed by atoms with van der Waals surface area (Å²) in [6, 6.07) is 7.10. The molecule has 2 heterocycles. The van der Waals surface area contributed by atoms with Crippen LogP contribution < -0.4 is 0 Å². The summed E-state index contributed by atoms with van der Waals surface area (Å²) in [5, 5.41) is 0. The van der Waals surface area contributed by atoms with Crippen molar-refractivity contribution in [1.29, 1.82) is 0 Å². The fourth-order valence-electron chi connectivity index (χ4n) is 1.28. The highest BCUT2D eigenvalue weighted by Gasteiger charge is 2.04. The maximum atomic E-state index is 11.3. The molecule has 0 atom stereocenters. The van der Waals surface area contributed by atoms with E-state index in [1.165, 1.54) is 0 Å². The average Bonchev–Trinajstić information content (AvgIpc) is 2.45. The van der Waals surface area contributed by atoms with Crippen molar-refractivity contribution in [2.45, 2.75) is 13.2 Å². The molecule has 0 radical (unpaired) electrons. The van der Waals surface area contributed by atoms with Gasteiger partial charge >= 0.3 is 6.16 Å². The van der Waals surface area contributed by atoms with E-state index in [1.54, 1.807) is 49.1 Å². The summed E-state index contributed by atoms with van der Waals surface area (Å²) < 4.78 is 9.89. The van der Waals surface area contributed by atoms with Crippen molar-refractivity contribution in [3.8, 4) is 0 Å². The van der Waals surface area contributed by atoms with Gasteiger partial charge in [0.15, 0.2) is 0 Å². The fraction of sp³-hybridized carbons (Fsp3) is 0.154. The lowest BCUT2D eigenvalue weighted by molar-refractivity contribution is 0.0446. The summed E-state index contributed by atoms with van der Waals surface area (Å²) in [6.07, 6.45) is 5.87. The number of hydrogen-bond donors (Lipinski definition) is 0. The van der Waals surface area contributed by atoms with Gasteiger partial charge in [-0.05, 0) is 35.4 Å². The van der Waals surface area contributed by atoms with E-state index in [4.69, 9.17) is 9.47 Å². The summed E-state index contributed by atoms with van der Waals surface area (Å²) in [5.74, 6) is 0. The Morgan fingerprint density at radius 1 is 0.833 bits per heavy atom. The normalized spacial score (nSPS) is 9.78. The Balaban J connectivity index is 1.73. The molecule has 5 nitrogen and oxygen atoms in total. The third kappa shape index (κ3) is 3.86. The predicted octanol–water partition coefficient (Wildman–Crippen LogP) is 2.33. The molecule has 0 aromatic carbocycles. The van der Waals surface area contributed by atoms with Gasteiger partial charge < -0.3 is 9.47 Å². The van der Waals surface area contributed by atoms with Crippen LogP contribution in [0.15, 0.2) is 49.1 Å². The maximum absolute atomic E-state index is 11.3. The molecular weight excluding hydrogens is 232 g/mol. The zero-order chi connectivity index (χ0) is 12.6. The monoisotopic (exact) mass is 244 g/mol. The molecular formula is C13H12N2O3. The molecule has 0 aliphatic rings. The molecule has 0 amide bonds. The quantitative estimate of drug-likeness (QED) is 0.772. The minimum Gasteiger partial charge on any atom is -0.429 e. The molecule has 0 saturated heterocycles. The van der Waals surface area contributed by atoms with Crippen molar-refractivity contribution in [1.82, 2.24) is 9.97 Å². The number of nitrogens with zero attached hydrogens (tertiary/aromatic N) is 2. The molecule has 5 heteroatoms. The van der Waals surface area contributed by atoms with Crippen LogP contribution in [-0.4, -0.2) is 16.1 Å². The molecule has 0 unspecified atom stereocenters. The molecule has 0 aliphatic carbocycles. The molecule has 92 valence electrons. The van der Waals surface area contributed by atoms with Crippen molar-refractivity contribution < 1.29 is 14.3 Å². The largest absolute Gasteiger partial charge is 0.508 e. The van der Waals surface area contributed by atoms with Crippen LogP contribution in [0.4, 0.5) is 4.79 Å². The molecule has 0 fully saturated rings. The number of aromatic nitrogens is 2. The van der Waals surface area contributed by atoms with E-state index >= 15 is 0 Å². The fourth-order valence-corrected chi connectivity index (χ4v) is 1.28. The summed E-state index contributed by atoms with van der Waals surface area (Å²) >= 11 is 0. The van der Waals surface area contributed by atoms with Crippen molar-refractivity contribution in [3.05, 3.63) is 60.2 Å². The second kappa shape index (κ2) is 6.34. The lowest BCUT2D eigenvalue weighted by Gasteiger charge is -2.06. The Morgan fingerprint density at radius 3 is 1.61 bits per heavy atom. The summed E-state index contributed by atoms with van der Waals surface area (Å²) in [5.41, 5.74) is 1.73. The number of carbonyl (C=O) groups is 1. The summed E-state index contributed by atoms with van der Waals surface area (Å²) in [6.45, 7) is 0.357. The molecule has 0 N–H and O–H groups in total. The molecule has 0 spiro atoms. The van der Waals surface area contributed by atoms with Gasteiger partial charge in [-0.1, -0.05) is 0 Å². The Labute approximate surface area is 104 Å². The molecule has 18 heavy (non-hydrogen) atoms. The van der Waals surface area contributed by atoms with Gasteiger partial charge in [0.1, 0.15) is 13.2 Å². The number of hydrogen-bond acceptors (Lipinski definition) is 5. The lowest BCUT2D eigenvalue weighted by atomic mass is 10.3. The van der Waals surface area contributed by atoms with Gasteiger partial charge in [0.05, 0.1) is 0 Å². The van der Waals surface area contributed by atoms with Crippen molar-refractivity contribution in [2.75, 3.05) is 0 Å². The lowest BCUT2D eigenvalue weighted by Crippen LogP contribution is -2.07. The molecule has 0 bridgehead atoms. The van der Waals surface area contributed by atoms with Gasteiger partial charge in [-0.2, -0.15) is 0 Å². The van der Waals surface area contributed by atoms with Crippen LogP contribution in [-0.2, 0) is 22.7 Å². The Kier molecular flexibility index (Phi) is 4.24. The minimum absolute atomic E-state index is 0.178. The highest BCUT2D eigenvalue weighted by Crippen LogP contribution is 2.03. The van der Waals surface area contributed by atoms with Gasteiger partial charge in [0, 0.05) is 24.8 Å². The second-order valence-electron chi connectivity index (χ2n) is 3.54. The first kappa shape index (κ1) is 12.0. The predicted molar refractivity (Wildman–Crippen MR) is 63.4 cm³/mol. The molecule has 0 saturated carbocycles. The topological polar surface area (TPSA) is 61.3 Å². The van der Waals surface area contributed by atoms with Gasteiger partial charge in [-0.15, -0.1) is 0 Å². The average molecular weight is 244 g/mol. The zero-order valence-corrected chi connectivity index (χ0v) is 9.65. The minimum atomic E-state index is -0.691. The van der Waals surface area contributed by atoms with E-state index in [9.17, 15) is 4.79 Å². The maximum Gasteiger partial charge on any atom is 0.508 e. The Bertz CT molecular complexity index is 443. The molecule has 2 rings (SSSR count). The number of carbonyl (C=O) groups excluding carboxylic acids is 1. The number of ether oxygens (including phenoxy) is 2. The van der Waals surface area contributed by atoms with Gasteiger partial charge in [0.2, 0.25) is 0 Å². The summed E-state index contributed by atoms with van der Waals surface area (Å²) in [4.78, 5) is 19.1. The van der Waals surface area contributed by atoms with Gasteiger partial charge in [-0.3, -0.25) is 9.97 Å². The third-order valence-corrected chi connectivity index (χ3v) is 2.21. The Morgan fingerprint density at radius 2 is 1.22 bits per heavy atom. The second-order valence-corrected chi connectivity index (χ2v) is 3.54. The smallest absolute Gasteiger partial charge is 0.429 e. The van der Waals surface area contributed by atoms with Crippen LogP contribution >= 0.6 is 0 Å². The van der Waals surface area contributed by atoms with E-state index in [0.29, 0.717) is 0 Å². The highest BCUT2D eigenvalue weighted by atomic mass is 16.7. The first-order chi connectivity index (χ1) is 8.84. The first-order valence-corrected chi connectivity index (χ1v) is 5.42. The van der Waals surface area contributed by atoms with E-state index in [-0.39, 0.29) is 13.2 Å². The van der Waals surface area contributed by atoms with E-state index in [0.717, 1.165) is 11.1 Å². The molecule has 2 aromatic rings. The van der Waals surface area contributed by atoms with Gasteiger partial charge in [-0.25, -0.2) is 4.79 Å². The van der Waals surface area contributed by atoms with Crippen molar-refractivity contribution in [2.24, 2.45) is 0 Å². The van der Waals surface area contributed by atoms with E-state index < -0.39 is 6.16 Å².